The lowest BCUT2D eigenvalue weighted by molar-refractivity contribution is -0.115. The molecule has 0 radical (unpaired) electrons. The average Bonchev–Trinajstić information content (AvgIpc) is 2.58. The highest BCUT2D eigenvalue weighted by Gasteiger charge is 2.18. The zero-order chi connectivity index (χ0) is 18.0. The first-order valence-electron chi connectivity index (χ1n) is 7.98. The lowest BCUT2D eigenvalue weighted by atomic mass is 10.1. The van der Waals surface area contributed by atoms with Crippen molar-refractivity contribution in [1.29, 1.82) is 0 Å². The van der Waals surface area contributed by atoms with Crippen LogP contribution in [-0.4, -0.2) is 21.1 Å². The number of aromatic amines is 1. The molecule has 0 unspecified atom stereocenters. The van der Waals surface area contributed by atoms with Crippen LogP contribution in [0.4, 0.5) is 5.69 Å². The van der Waals surface area contributed by atoms with Crippen LogP contribution in [-0.2, 0) is 4.79 Å². The Balaban J connectivity index is 1.79. The van der Waals surface area contributed by atoms with Gasteiger partial charge in [0.05, 0.1) is 16.2 Å². The number of amides is 1. The number of fused-ring (bicyclic) bond motifs is 1. The molecule has 0 aliphatic rings. The number of anilines is 1. The second kappa shape index (κ2) is 7.11. The summed E-state index contributed by atoms with van der Waals surface area (Å²) in [6.07, 6.45) is 0. The molecule has 0 saturated carbocycles. The summed E-state index contributed by atoms with van der Waals surface area (Å²) in [4.78, 5) is 31.8. The van der Waals surface area contributed by atoms with Gasteiger partial charge in [0, 0.05) is 5.69 Å². The van der Waals surface area contributed by atoms with Crippen LogP contribution < -0.4 is 10.9 Å². The SMILES string of the molecule is Cc1cccc(C)c1NC(=O)[C@H](C)Sc1nc2ccccc2c(=O)[nH]1. The Bertz CT molecular complexity index is 977. The molecular weight excluding hydrogens is 334 g/mol. The highest BCUT2D eigenvalue weighted by molar-refractivity contribution is 8.00. The van der Waals surface area contributed by atoms with E-state index in [9.17, 15) is 9.59 Å². The number of hydrogen-bond donors (Lipinski definition) is 2. The molecule has 3 aromatic rings. The van der Waals surface area contributed by atoms with E-state index >= 15 is 0 Å². The van der Waals surface area contributed by atoms with Gasteiger partial charge in [-0.3, -0.25) is 9.59 Å². The van der Waals surface area contributed by atoms with Gasteiger partial charge in [-0.2, -0.15) is 0 Å². The number of aromatic nitrogens is 2. The first-order valence-corrected chi connectivity index (χ1v) is 8.86. The van der Waals surface area contributed by atoms with E-state index in [4.69, 9.17) is 0 Å². The number of carbonyl (C=O) groups excluding carboxylic acids is 1. The van der Waals surface area contributed by atoms with Crippen molar-refractivity contribution in [1.82, 2.24) is 9.97 Å². The number of para-hydroxylation sites is 2. The molecule has 1 aromatic heterocycles. The van der Waals surface area contributed by atoms with Gasteiger partial charge in [-0.05, 0) is 44.0 Å². The quantitative estimate of drug-likeness (QED) is 0.554. The molecule has 0 bridgehead atoms. The number of thioether (sulfide) groups is 1. The molecule has 25 heavy (non-hydrogen) atoms. The van der Waals surface area contributed by atoms with Crippen molar-refractivity contribution in [2.75, 3.05) is 5.32 Å². The Morgan fingerprint density at radius 3 is 2.52 bits per heavy atom. The predicted molar refractivity (Wildman–Crippen MR) is 102 cm³/mol. The first-order chi connectivity index (χ1) is 12.0. The van der Waals surface area contributed by atoms with Crippen molar-refractivity contribution in [3.8, 4) is 0 Å². The molecule has 128 valence electrons. The average molecular weight is 353 g/mol. The molecule has 0 spiro atoms. The number of rotatable bonds is 4. The zero-order valence-electron chi connectivity index (χ0n) is 14.3. The molecule has 1 heterocycles. The lowest BCUT2D eigenvalue weighted by Gasteiger charge is -2.15. The van der Waals surface area contributed by atoms with Crippen molar-refractivity contribution < 1.29 is 4.79 Å². The third-order valence-corrected chi connectivity index (χ3v) is 4.96. The molecular formula is C19H19N3O2S. The van der Waals surface area contributed by atoms with Crippen molar-refractivity contribution in [3.63, 3.8) is 0 Å². The fourth-order valence-electron chi connectivity index (χ4n) is 2.58. The minimum Gasteiger partial charge on any atom is -0.325 e. The fraction of sp³-hybridized carbons (Fsp3) is 0.211. The summed E-state index contributed by atoms with van der Waals surface area (Å²) in [5.41, 5.74) is 3.29. The number of benzene rings is 2. The molecule has 2 N–H and O–H groups in total. The minimum absolute atomic E-state index is 0.127. The van der Waals surface area contributed by atoms with Crippen LogP contribution in [0.2, 0.25) is 0 Å². The number of H-pyrrole nitrogens is 1. The molecule has 3 rings (SSSR count). The maximum Gasteiger partial charge on any atom is 0.259 e. The molecule has 5 nitrogen and oxygen atoms in total. The topological polar surface area (TPSA) is 74.8 Å². The van der Waals surface area contributed by atoms with Crippen molar-refractivity contribution in [2.45, 2.75) is 31.2 Å². The van der Waals surface area contributed by atoms with E-state index in [-0.39, 0.29) is 11.5 Å². The van der Waals surface area contributed by atoms with E-state index in [2.05, 4.69) is 15.3 Å². The molecule has 0 saturated heterocycles. The Labute approximate surface area is 149 Å². The molecule has 6 heteroatoms. The van der Waals surface area contributed by atoms with Crippen molar-refractivity contribution >= 4 is 34.3 Å². The van der Waals surface area contributed by atoms with Gasteiger partial charge < -0.3 is 10.3 Å². The fourth-order valence-corrected chi connectivity index (χ4v) is 3.38. The van der Waals surface area contributed by atoms with Gasteiger partial charge in [0.15, 0.2) is 5.16 Å². The molecule has 0 aliphatic heterocycles. The third-order valence-electron chi connectivity index (χ3n) is 3.98. The summed E-state index contributed by atoms with van der Waals surface area (Å²) in [6, 6.07) is 13.0. The summed E-state index contributed by atoms with van der Waals surface area (Å²) in [5, 5.41) is 3.55. The minimum atomic E-state index is -0.400. The monoisotopic (exact) mass is 353 g/mol. The van der Waals surface area contributed by atoms with Gasteiger partial charge in [0.1, 0.15) is 0 Å². The Kier molecular flexibility index (Phi) is 4.90. The number of aryl methyl sites for hydroxylation is 2. The smallest absolute Gasteiger partial charge is 0.259 e. The summed E-state index contributed by atoms with van der Waals surface area (Å²) < 4.78 is 0. The van der Waals surface area contributed by atoms with E-state index in [1.165, 1.54) is 11.8 Å². The second-order valence-corrected chi connectivity index (χ2v) is 7.23. The molecule has 0 aliphatic carbocycles. The zero-order valence-corrected chi connectivity index (χ0v) is 15.1. The van der Waals surface area contributed by atoms with E-state index in [1.807, 2.05) is 38.1 Å². The summed E-state index contributed by atoms with van der Waals surface area (Å²) in [6.45, 7) is 5.72. The van der Waals surface area contributed by atoms with Crippen LogP contribution in [0.25, 0.3) is 10.9 Å². The van der Waals surface area contributed by atoms with E-state index in [1.54, 1.807) is 25.1 Å². The Morgan fingerprint density at radius 2 is 1.80 bits per heavy atom. The third kappa shape index (κ3) is 3.74. The molecule has 2 aromatic carbocycles. The van der Waals surface area contributed by atoms with E-state index < -0.39 is 5.25 Å². The predicted octanol–water partition coefficient (Wildman–Crippen LogP) is 3.66. The van der Waals surface area contributed by atoms with Crippen LogP contribution >= 0.6 is 11.8 Å². The van der Waals surface area contributed by atoms with E-state index in [0.717, 1.165) is 16.8 Å². The molecule has 0 fully saturated rings. The number of hydrogen-bond acceptors (Lipinski definition) is 4. The second-order valence-electron chi connectivity index (χ2n) is 5.90. The van der Waals surface area contributed by atoms with Crippen molar-refractivity contribution in [3.05, 3.63) is 63.9 Å². The van der Waals surface area contributed by atoms with Crippen LogP contribution in [0, 0.1) is 13.8 Å². The molecule has 1 atom stereocenters. The van der Waals surface area contributed by atoms with Crippen LogP contribution in [0.3, 0.4) is 0 Å². The van der Waals surface area contributed by atoms with Gasteiger partial charge in [0.25, 0.3) is 5.56 Å². The van der Waals surface area contributed by atoms with Crippen LogP contribution in [0.5, 0.6) is 0 Å². The summed E-state index contributed by atoms with van der Waals surface area (Å²) >= 11 is 1.23. The van der Waals surface area contributed by atoms with Crippen LogP contribution in [0.1, 0.15) is 18.1 Å². The van der Waals surface area contributed by atoms with Gasteiger partial charge in [-0.1, -0.05) is 42.1 Å². The highest BCUT2D eigenvalue weighted by Crippen LogP contribution is 2.24. The Hall–Kier alpha value is -2.60. The highest BCUT2D eigenvalue weighted by atomic mass is 32.2. The number of nitrogens with zero attached hydrogens (tertiary/aromatic N) is 1. The standard InChI is InChI=1S/C19H19N3O2S/c1-11-7-6-8-12(2)16(11)21-17(23)13(3)25-19-20-15-10-5-4-9-14(15)18(24)22-19/h4-10,13H,1-3H3,(H,21,23)(H,20,22,24)/t13-/m0/s1. The largest absolute Gasteiger partial charge is 0.325 e. The number of carbonyl (C=O) groups is 1. The summed E-state index contributed by atoms with van der Waals surface area (Å²) in [5.74, 6) is -0.127. The van der Waals surface area contributed by atoms with Crippen LogP contribution in [0.15, 0.2) is 52.4 Å². The van der Waals surface area contributed by atoms with Gasteiger partial charge in [0.2, 0.25) is 5.91 Å². The van der Waals surface area contributed by atoms with Gasteiger partial charge >= 0.3 is 0 Å². The maximum absolute atomic E-state index is 12.5. The summed E-state index contributed by atoms with van der Waals surface area (Å²) in [7, 11) is 0. The van der Waals surface area contributed by atoms with E-state index in [0.29, 0.717) is 16.1 Å². The normalized spacial score (nSPS) is 12.1. The lowest BCUT2D eigenvalue weighted by Crippen LogP contribution is -2.24. The van der Waals surface area contributed by atoms with Gasteiger partial charge in [-0.15, -0.1) is 0 Å². The van der Waals surface area contributed by atoms with Gasteiger partial charge in [-0.25, -0.2) is 4.98 Å². The maximum atomic E-state index is 12.5. The molecule has 1 amide bonds. The van der Waals surface area contributed by atoms with Crippen molar-refractivity contribution in [2.24, 2.45) is 0 Å². The first kappa shape index (κ1) is 17.2. The Morgan fingerprint density at radius 1 is 1.12 bits per heavy atom. The number of nitrogens with one attached hydrogen (secondary N) is 2.